The van der Waals surface area contributed by atoms with Gasteiger partial charge in [0.15, 0.2) is 17.4 Å². The standard InChI is InChI=1S/C21H24F2O4S/c1-2-14(21(24)25)7-8-27-20-17(22)9-15(10-18(20)23)19-6-5-16(28-19)12-26-11-13-3-4-13/h5-6,9-10,13-14H,2-4,7-8,11-12H2,1H3,(H,24,25). The summed E-state index contributed by atoms with van der Waals surface area (Å²) in [7, 11) is 0. The topological polar surface area (TPSA) is 55.8 Å². The minimum Gasteiger partial charge on any atom is -0.488 e. The Bertz CT molecular complexity index is 793. The van der Waals surface area contributed by atoms with E-state index in [1.165, 1.54) is 36.3 Å². The summed E-state index contributed by atoms with van der Waals surface area (Å²) in [6.07, 6.45) is 3.10. The van der Waals surface area contributed by atoms with E-state index in [9.17, 15) is 13.6 Å². The molecule has 0 aliphatic heterocycles. The van der Waals surface area contributed by atoms with Gasteiger partial charge in [0.1, 0.15) is 0 Å². The van der Waals surface area contributed by atoms with Gasteiger partial charge < -0.3 is 14.6 Å². The van der Waals surface area contributed by atoms with Crippen LogP contribution in [0, 0.1) is 23.5 Å². The zero-order valence-corrected chi connectivity index (χ0v) is 16.6. The van der Waals surface area contributed by atoms with E-state index in [-0.39, 0.29) is 13.0 Å². The van der Waals surface area contributed by atoms with Crippen molar-refractivity contribution in [1.82, 2.24) is 0 Å². The van der Waals surface area contributed by atoms with Crippen molar-refractivity contribution in [2.45, 2.75) is 39.2 Å². The van der Waals surface area contributed by atoms with Crippen LogP contribution in [0.3, 0.4) is 0 Å². The molecule has 1 unspecified atom stereocenters. The number of carboxylic acids is 1. The van der Waals surface area contributed by atoms with E-state index < -0.39 is 29.3 Å². The van der Waals surface area contributed by atoms with Gasteiger partial charge in [-0.05, 0) is 61.4 Å². The number of hydrogen-bond acceptors (Lipinski definition) is 4. The number of aliphatic carboxylic acids is 1. The van der Waals surface area contributed by atoms with Gasteiger partial charge in [-0.2, -0.15) is 0 Å². The molecule has 4 nitrogen and oxygen atoms in total. The molecule has 1 N–H and O–H groups in total. The smallest absolute Gasteiger partial charge is 0.306 e. The Labute approximate surface area is 167 Å². The number of carbonyl (C=O) groups is 1. The molecule has 1 aliphatic rings. The largest absolute Gasteiger partial charge is 0.488 e. The monoisotopic (exact) mass is 410 g/mol. The van der Waals surface area contributed by atoms with Crippen LogP contribution >= 0.6 is 11.3 Å². The molecule has 3 rings (SSSR count). The summed E-state index contributed by atoms with van der Waals surface area (Å²) in [5.74, 6) is -2.88. The van der Waals surface area contributed by atoms with Gasteiger partial charge >= 0.3 is 5.97 Å². The maximum Gasteiger partial charge on any atom is 0.306 e. The Morgan fingerprint density at radius 3 is 2.61 bits per heavy atom. The number of carboxylic acid groups (broad SMARTS) is 1. The van der Waals surface area contributed by atoms with Crippen molar-refractivity contribution >= 4 is 17.3 Å². The normalized spacial score (nSPS) is 14.8. The fourth-order valence-corrected chi connectivity index (χ4v) is 3.80. The second kappa shape index (κ2) is 9.47. The van der Waals surface area contributed by atoms with Crippen LogP contribution in [-0.2, 0) is 16.1 Å². The molecule has 1 saturated carbocycles. The van der Waals surface area contributed by atoms with Crippen molar-refractivity contribution < 1.29 is 28.2 Å². The van der Waals surface area contributed by atoms with E-state index in [1.54, 1.807) is 6.92 Å². The molecular weight excluding hydrogens is 386 g/mol. The maximum atomic E-state index is 14.4. The summed E-state index contributed by atoms with van der Waals surface area (Å²) in [5, 5.41) is 9.02. The van der Waals surface area contributed by atoms with Crippen LogP contribution in [-0.4, -0.2) is 24.3 Å². The van der Waals surface area contributed by atoms with E-state index in [4.69, 9.17) is 14.6 Å². The highest BCUT2D eigenvalue weighted by Crippen LogP contribution is 2.34. The Balaban J connectivity index is 1.61. The van der Waals surface area contributed by atoms with Crippen LogP contribution in [0.5, 0.6) is 5.75 Å². The Hall–Kier alpha value is -1.99. The van der Waals surface area contributed by atoms with E-state index in [0.29, 0.717) is 24.5 Å². The third-order valence-corrected chi connectivity index (χ3v) is 5.90. The van der Waals surface area contributed by atoms with Gasteiger partial charge in [-0.3, -0.25) is 4.79 Å². The number of thiophene rings is 1. The minimum absolute atomic E-state index is 0.0561. The molecule has 152 valence electrons. The van der Waals surface area contributed by atoms with Crippen LogP contribution in [0.25, 0.3) is 10.4 Å². The lowest BCUT2D eigenvalue weighted by Gasteiger charge is -2.12. The van der Waals surface area contributed by atoms with Gasteiger partial charge in [0.2, 0.25) is 0 Å². The van der Waals surface area contributed by atoms with Crippen molar-refractivity contribution in [3.05, 3.63) is 40.8 Å². The van der Waals surface area contributed by atoms with Gasteiger partial charge in [-0.1, -0.05) is 6.92 Å². The van der Waals surface area contributed by atoms with Crippen molar-refractivity contribution in [2.75, 3.05) is 13.2 Å². The van der Waals surface area contributed by atoms with E-state index >= 15 is 0 Å². The summed E-state index contributed by atoms with van der Waals surface area (Å²) in [6, 6.07) is 6.22. The maximum absolute atomic E-state index is 14.4. The quantitative estimate of drug-likeness (QED) is 0.531. The van der Waals surface area contributed by atoms with Crippen LogP contribution in [0.1, 0.15) is 37.5 Å². The molecule has 1 aromatic heterocycles. The molecule has 1 atom stereocenters. The first-order valence-corrected chi connectivity index (χ1v) is 10.3. The fraction of sp³-hybridized carbons (Fsp3) is 0.476. The Kier molecular flexibility index (Phi) is 7.02. The zero-order valence-electron chi connectivity index (χ0n) is 15.7. The third-order valence-electron chi connectivity index (χ3n) is 4.79. The molecule has 0 spiro atoms. The van der Waals surface area contributed by atoms with Crippen molar-refractivity contribution in [3.63, 3.8) is 0 Å². The van der Waals surface area contributed by atoms with Gasteiger partial charge in [0.25, 0.3) is 0 Å². The predicted molar refractivity (Wildman–Crippen MR) is 104 cm³/mol. The average Bonchev–Trinajstić information content (AvgIpc) is 3.35. The average molecular weight is 410 g/mol. The molecule has 7 heteroatoms. The lowest BCUT2D eigenvalue weighted by Crippen LogP contribution is -2.16. The Morgan fingerprint density at radius 2 is 2.00 bits per heavy atom. The molecule has 2 aromatic rings. The van der Waals surface area contributed by atoms with Crippen LogP contribution in [0.4, 0.5) is 8.78 Å². The number of benzene rings is 1. The first-order valence-electron chi connectivity index (χ1n) is 9.49. The third kappa shape index (κ3) is 5.52. The number of hydrogen-bond donors (Lipinski definition) is 1. The minimum atomic E-state index is -0.933. The highest BCUT2D eigenvalue weighted by Gasteiger charge is 2.21. The van der Waals surface area contributed by atoms with Crippen molar-refractivity contribution in [2.24, 2.45) is 11.8 Å². The fourth-order valence-electron chi connectivity index (χ4n) is 2.87. The highest BCUT2D eigenvalue weighted by atomic mass is 32.1. The molecule has 1 aromatic carbocycles. The summed E-state index contributed by atoms with van der Waals surface area (Å²) < 4.78 is 39.6. The van der Waals surface area contributed by atoms with Gasteiger partial charge in [-0.25, -0.2) is 8.78 Å². The molecule has 1 fully saturated rings. The van der Waals surface area contributed by atoms with Gasteiger partial charge in [0, 0.05) is 16.4 Å². The summed E-state index contributed by atoms with van der Waals surface area (Å²) >= 11 is 1.44. The van der Waals surface area contributed by atoms with E-state index in [2.05, 4.69) is 0 Å². The highest BCUT2D eigenvalue weighted by molar-refractivity contribution is 7.15. The molecule has 0 radical (unpaired) electrons. The lowest BCUT2D eigenvalue weighted by molar-refractivity contribution is -0.142. The molecule has 28 heavy (non-hydrogen) atoms. The Morgan fingerprint density at radius 1 is 1.29 bits per heavy atom. The zero-order chi connectivity index (χ0) is 20.1. The number of halogens is 2. The van der Waals surface area contributed by atoms with Crippen molar-refractivity contribution in [1.29, 1.82) is 0 Å². The lowest BCUT2D eigenvalue weighted by atomic mass is 10.0. The number of ether oxygens (including phenoxy) is 2. The SMILES string of the molecule is CCC(CCOc1c(F)cc(-c2ccc(COCC3CC3)s2)cc1F)C(=O)O. The molecule has 0 bridgehead atoms. The molecule has 1 heterocycles. The van der Waals surface area contributed by atoms with Gasteiger partial charge in [0.05, 0.1) is 19.1 Å². The summed E-state index contributed by atoms with van der Waals surface area (Å²) in [4.78, 5) is 12.8. The van der Waals surface area contributed by atoms with Crippen LogP contribution in [0.15, 0.2) is 24.3 Å². The van der Waals surface area contributed by atoms with E-state index in [1.807, 2.05) is 12.1 Å². The van der Waals surface area contributed by atoms with Gasteiger partial charge in [-0.15, -0.1) is 11.3 Å². The second-order valence-corrected chi connectivity index (χ2v) is 8.24. The molecular formula is C21H24F2O4S. The number of rotatable bonds is 11. The van der Waals surface area contributed by atoms with Crippen LogP contribution in [0.2, 0.25) is 0 Å². The van der Waals surface area contributed by atoms with E-state index in [0.717, 1.165) is 16.4 Å². The van der Waals surface area contributed by atoms with Crippen LogP contribution < -0.4 is 4.74 Å². The first-order chi connectivity index (χ1) is 13.5. The predicted octanol–water partition coefficient (Wildman–Crippen LogP) is 5.50. The first kappa shape index (κ1) is 20.7. The molecule has 0 amide bonds. The molecule has 1 aliphatic carbocycles. The molecule has 0 saturated heterocycles. The summed E-state index contributed by atoms with van der Waals surface area (Å²) in [5.41, 5.74) is 0.442. The summed E-state index contributed by atoms with van der Waals surface area (Å²) in [6.45, 7) is 2.97. The van der Waals surface area contributed by atoms with Crippen molar-refractivity contribution in [3.8, 4) is 16.2 Å². The second-order valence-electron chi connectivity index (χ2n) is 7.07.